The number of likely N-dealkylation sites (tertiary alicyclic amines) is 1. The fourth-order valence-corrected chi connectivity index (χ4v) is 1.75. The molecule has 1 aliphatic heterocycles. The van der Waals surface area contributed by atoms with E-state index in [2.05, 4.69) is 22.6 Å². The summed E-state index contributed by atoms with van der Waals surface area (Å²) in [5.41, 5.74) is 5.28. The number of hydrogen-bond acceptors (Lipinski definition) is 3. The van der Waals surface area contributed by atoms with Gasteiger partial charge in [0.1, 0.15) is 0 Å². The van der Waals surface area contributed by atoms with Crippen LogP contribution in [0.5, 0.6) is 0 Å². The molecule has 1 saturated heterocycles. The number of nitrogens with zero attached hydrogens (tertiary/aromatic N) is 1. The number of hydrogen-bond donors (Lipinski definition) is 3. The first-order chi connectivity index (χ1) is 7.22. The van der Waals surface area contributed by atoms with Crippen LogP contribution in [0.1, 0.15) is 12.8 Å². The number of amides is 2. The molecule has 0 atom stereocenters. The molecule has 88 valence electrons. The second-order valence-corrected chi connectivity index (χ2v) is 4.17. The van der Waals surface area contributed by atoms with Gasteiger partial charge in [-0.1, -0.05) is 0 Å². The van der Waals surface area contributed by atoms with Crippen molar-refractivity contribution in [1.82, 2.24) is 15.5 Å². The molecule has 1 rings (SSSR count). The Bertz CT molecular complexity index is 190. The van der Waals surface area contributed by atoms with Gasteiger partial charge < -0.3 is 21.3 Å². The minimum absolute atomic E-state index is 0.0978. The number of nitrogens with two attached hydrogens (primary N) is 1. The molecule has 5 heteroatoms. The zero-order valence-electron chi connectivity index (χ0n) is 9.46. The van der Waals surface area contributed by atoms with E-state index in [1.54, 1.807) is 0 Å². The van der Waals surface area contributed by atoms with Gasteiger partial charge in [-0.25, -0.2) is 4.79 Å². The second-order valence-electron chi connectivity index (χ2n) is 4.17. The molecule has 4 N–H and O–H groups in total. The van der Waals surface area contributed by atoms with Crippen LogP contribution < -0.4 is 16.4 Å². The van der Waals surface area contributed by atoms with Crippen molar-refractivity contribution < 1.29 is 4.79 Å². The van der Waals surface area contributed by atoms with Crippen molar-refractivity contribution in [3.05, 3.63) is 0 Å². The van der Waals surface area contributed by atoms with Crippen LogP contribution in [-0.2, 0) is 0 Å². The molecule has 1 fully saturated rings. The van der Waals surface area contributed by atoms with E-state index < -0.39 is 0 Å². The summed E-state index contributed by atoms with van der Waals surface area (Å²) >= 11 is 0. The zero-order valence-corrected chi connectivity index (χ0v) is 9.46. The molecule has 15 heavy (non-hydrogen) atoms. The maximum atomic E-state index is 11.2. The highest BCUT2D eigenvalue weighted by molar-refractivity contribution is 5.73. The largest absolute Gasteiger partial charge is 0.338 e. The van der Waals surface area contributed by atoms with Crippen molar-refractivity contribution in [3.63, 3.8) is 0 Å². The molecule has 0 unspecified atom stereocenters. The van der Waals surface area contributed by atoms with Crippen LogP contribution in [0, 0.1) is 5.92 Å². The van der Waals surface area contributed by atoms with E-state index in [1.165, 1.54) is 12.8 Å². The third-order valence-electron chi connectivity index (χ3n) is 2.82. The highest BCUT2D eigenvalue weighted by Crippen LogP contribution is 2.14. The van der Waals surface area contributed by atoms with Crippen LogP contribution in [0.4, 0.5) is 4.79 Å². The lowest BCUT2D eigenvalue weighted by molar-refractivity contribution is 0.210. The van der Waals surface area contributed by atoms with E-state index in [1.807, 2.05) is 0 Å². The minimum Gasteiger partial charge on any atom is -0.338 e. The molecule has 0 aromatic carbocycles. The first kappa shape index (κ1) is 12.3. The van der Waals surface area contributed by atoms with Crippen LogP contribution >= 0.6 is 0 Å². The van der Waals surface area contributed by atoms with Gasteiger partial charge in [-0.3, -0.25) is 0 Å². The predicted molar refractivity (Wildman–Crippen MR) is 60.7 cm³/mol. The first-order valence-corrected chi connectivity index (χ1v) is 5.62. The van der Waals surface area contributed by atoms with E-state index >= 15 is 0 Å². The van der Waals surface area contributed by atoms with Crippen LogP contribution in [-0.4, -0.2) is 50.7 Å². The summed E-state index contributed by atoms with van der Waals surface area (Å²) in [4.78, 5) is 13.5. The molecule has 0 bridgehead atoms. The fraction of sp³-hybridized carbons (Fsp3) is 0.900. The summed E-state index contributed by atoms with van der Waals surface area (Å²) in [5.74, 6) is 0.629. The third-order valence-corrected chi connectivity index (χ3v) is 2.82. The molecule has 0 spiro atoms. The van der Waals surface area contributed by atoms with Crippen LogP contribution in [0.25, 0.3) is 0 Å². The van der Waals surface area contributed by atoms with Gasteiger partial charge in [0, 0.05) is 19.6 Å². The lowest BCUT2D eigenvalue weighted by Gasteiger charge is -2.28. The van der Waals surface area contributed by atoms with E-state index in [0.717, 1.165) is 19.6 Å². The maximum absolute atomic E-state index is 11.2. The number of nitrogens with one attached hydrogen (secondary N) is 2. The smallest absolute Gasteiger partial charge is 0.314 e. The molecular weight excluding hydrogens is 192 g/mol. The topological polar surface area (TPSA) is 70.4 Å². The zero-order chi connectivity index (χ0) is 11.1. The van der Waals surface area contributed by atoms with Gasteiger partial charge in [0.05, 0.1) is 0 Å². The Morgan fingerprint density at radius 3 is 2.67 bits per heavy atom. The molecule has 0 aliphatic carbocycles. The van der Waals surface area contributed by atoms with Crippen molar-refractivity contribution in [3.8, 4) is 0 Å². The summed E-state index contributed by atoms with van der Waals surface area (Å²) in [6.07, 6.45) is 2.35. The molecule has 0 saturated carbocycles. The molecular formula is C10H22N4O. The average Bonchev–Trinajstić information content (AvgIpc) is 2.25. The van der Waals surface area contributed by atoms with E-state index in [-0.39, 0.29) is 6.03 Å². The van der Waals surface area contributed by atoms with Gasteiger partial charge in [0.2, 0.25) is 0 Å². The van der Waals surface area contributed by atoms with Crippen molar-refractivity contribution in [2.45, 2.75) is 12.8 Å². The van der Waals surface area contributed by atoms with Crippen LogP contribution in [0.15, 0.2) is 0 Å². The summed E-state index contributed by atoms with van der Waals surface area (Å²) in [6, 6.07) is -0.0978. The number of rotatable bonds is 4. The summed E-state index contributed by atoms with van der Waals surface area (Å²) in [7, 11) is 2.14. The van der Waals surface area contributed by atoms with E-state index in [4.69, 9.17) is 5.73 Å². The molecule has 2 amide bonds. The number of carbonyl (C=O) groups is 1. The summed E-state index contributed by atoms with van der Waals surface area (Å²) < 4.78 is 0. The number of carbonyl (C=O) groups excluding carboxylic acids is 1. The highest BCUT2D eigenvalue weighted by atomic mass is 16.2. The lowest BCUT2D eigenvalue weighted by Crippen LogP contribution is -2.42. The van der Waals surface area contributed by atoms with Gasteiger partial charge in [0.15, 0.2) is 0 Å². The van der Waals surface area contributed by atoms with Gasteiger partial charge in [-0.2, -0.15) is 0 Å². The number of urea groups is 1. The van der Waals surface area contributed by atoms with Gasteiger partial charge in [-0.05, 0) is 38.9 Å². The van der Waals surface area contributed by atoms with Gasteiger partial charge in [0.25, 0.3) is 0 Å². The average molecular weight is 214 g/mol. The molecule has 0 radical (unpaired) electrons. The monoisotopic (exact) mass is 214 g/mol. The minimum atomic E-state index is -0.0978. The standard InChI is InChI=1S/C10H22N4O/c1-14-6-2-9(3-7-14)8-13-10(15)12-5-4-11/h9H,2-8,11H2,1H3,(H2,12,13,15). The Morgan fingerprint density at radius 2 is 2.07 bits per heavy atom. The Morgan fingerprint density at radius 1 is 1.40 bits per heavy atom. The normalized spacial score (nSPS) is 18.8. The van der Waals surface area contributed by atoms with E-state index in [9.17, 15) is 4.79 Å². The lowest BCUT2D eigenvalue weighted by atomic mass is 9.97. The molecule has 1 heterocycles. The molecule has 5 nitrogen and oxygen atoms in total. The maximum Gasteiger partial charge on any atom is 0.314 e. The van der Waals surface area contributed by atoms with Crippen molar-refractivity contribution in [1.29, 1.82) is 0 Å². The summed E-state index contributed by atoms with van der Waals surface area (Å²) in [5, 5.41) is 5.57. The predicted octanol–water partition coefficient (Wildman–Crippen LogP) is -0.414. The Kier molecular flexibility index (Phi) is 5.42. The third kappa shape index (κ3) is 4.99. The van der Waals surface area contributed by atoms with Gasteiger partial charge >= 0.3 is 6.03 Å². The van der Waals surface area contributed by atoms with Crippen LogP contribution in [0.3, 0.4) is 0 Å². The quantitative estimate of drug-likeness (QED) is 0.595. The Labute approximate surface area is 91.4 Å². The Balaban J connectivity index is 2.06. The summed E-state index contributed by atoms with van der Waals surface area (Å²) in [6.45, 7) is 4.08. The SMILES string of the molecule is CN1CCC(CNC(=O)NCCN)CC1. The second kappa shape index (κ2) is 6.63. The van der Waals surface area contributed by atoms with Crippen LogP contribution in [0.2, 0.25) is 0 Å². The highest BCUT2D eigenvalue weighted by Gasteiger charge is 2.16. The molecule has 0 aromatic rings. The van der Waals surface area contributed by atoms with Crippen molar-refractivity contribution in [2.75, 3.05) is 39.8 Å². The number of piperidine rings is 1. The van der Waals surface area contributed by atoms with E-state index in [0.29, 0.717) is 19.0 Å². The fourth-order valence-electron chi connectivity index (χ4n) is 1.75. The molecule has 0 aromatic heterocycles. The van der Waals surface area contributed by atoms with Crippen molar-refractivity contribution >= 4 is 6.03 Å². The first-order valence-electron chi connectivity index (χ1n) is 5.62. The van der Waals surface area contributed by atoms with Crippen molar-refractivity contribution in [2.24, 2.45) is 11.7 Å². The van der Waals surface area contributed by atoms with Gasteiger partial charge in [-0.15, -0.1) is 0 Å². The molecule has 1 aliphatic rings. The Hall–Kier alpha value is -0.810.